The van der Waals surface area contributed by atoms with E-state index >= 15 is 0 Å². The van der Waals surface area contributed by atoms with Crippen LogP contribution in [0, 0.1) is 0 Å². The number of hydrogen-bond acceptors (Lipinski definition) is 8. The van der Waals surface area contributed by atoms with Crippen molar-refractivity contribution in [2.24, 2.45) is 0 Å². The number of fused-ring (bicyclic) bond motifs is 1. The normalized spacial score (nSPS) is 18.1. The maximum Gasteiger partial charge on any atom is 0.377 e. The Hall–Kier alpha value is -1.45. The summed E-state index contributed by atoms with van der Waals surface area (Å²) < 4.78 is 17.5. The molecular formula is C13H25N6O4P. The summed E-state index contributed by atoms with van der Waals surface area (Å²) in [4.78, 5) is 31.6. The van der Waals surface area contributed by atoms with Gasteiger partial charge < -0.3 is 25.2 Å². The summed E-state index contributed by atoms with van der Waals surface area (Å²) in [5, 5.41) is 6.16. The van der Waals surface area contributed by atoms with Crippen LogP contribution in [-0.2, 0) is 9.30 Å². The molecule has 0 fully saturated rings. The summed E-state index contributed by atoms with van der Waals surface area (Å²) in [7, 11) is -0.762. The Kier molecular flexibility index (Phi) is 5.36. The lowest BCUT2D eigenvalue weighted by molar-refractivity contribution is 0.0185. The maximum absolute atomic E-state index is 12.0. The van der Waals surface area contributed by atoms with E-state index in [1.54, 1.807) is 13.1 Å². The van der Waals surface area contributed by atoms with Crippen molar-refractivity contribution in [1.82, 2.24) is 14.9 Å². The zero-order valence-corrected chi connectivity index (χ0v) is 15.4. The van der Waals surface area contributed by atoms with Gasteiger partial charge >= 0.3 is 7.60 Å². The lowest BCUT2D eigenvalue weighted by atomic mass is 10.4. The van der Waals surface area contributed by atoms with Crippen molar-refractivity contribution in [3.63, 3.8) is 0 Å². The summed E-state index contributed by atoms with van der Waals surface area (Å²) >= 11 is 0. The highest BCUT2D eigenvalue weighted by Gasteiger charge is 2.51. The van der Waals surface area contributed by atoms with Gasteiger partial charge in [-0.15, -0.1) is 0 Å². The first kappa shape index (κ1) is 18.9. The van der Waals surface area contributed by atoms with E-state index in [9.17, 15) is 14.4 Å². The second kappa shape index (κ2) is 6.81. The third-order valence-electron chi connectivity index (χ3n) is 4.02. The van der Waals surface area contributed by atoms with E-state index < -0.39 is 13.1 Å². The quantitative estimate of drug-likeness (QED) is 0.411. The van der Waals surface area contributed by atoms with Gasteiger partial charge in [0, 0.05) is 6.61 Å². The molecule has 24 heavy (non-hydrogen) atoms. The van der Waals surface area contributed by atoms with Gasteiger partial charge in [-0.05, 0) is 34.9 Å². The fourth-order valence-corrected chi connectivity index (χ4v) is 3.04. The molecule has 1 aromatic heterocycles. The Morgan fingerprint density at radius 2 is 2.25 bits per heavy atom. The Morgan fingerprint density at radius 3 is 2.79 bits per heavy atom. The van der Waals surface area contributed by atoms with Crippen LogP contribution in [0.25, 0.3) is 0 Å². The van der Waals surface area contributed by atoms with Crippen LogP contribution in [0.5, 0.6) is 0 Å². The minimum atomic E-state index is -4.59. The van der Waals surface area contributed by atoms with E-state index in [1.807, 2.05) is 25.9 Å². The van der Waals surface area contributed by atoms with Crippen LogP contribution in [0.15, 0.2) is 6.20 Å². The number of aromatic nitrogens is 2. The molecule has 10 nitrogen and oxygen atoms in total. The molecule has 0 bridgehead atoms. The third kappa shape index (κ3) is 3.47. The molecule has 0 spiro atoms. The smallest absolute Gasteiger partial charge is 0.363 e. The highest BCUT2D eigenvalue weighted by molar-refractivity contribution is 7.53. The lowest BCUT2D eigenvalue weighted by Crippen LogP contribution is -2.48. The van der Waals surface area contributed by atoms with Gasteiger partial charge in [-0.25, -0.2) is 4.98 Å². The Bertz CT molecular complexity index is 639. The number of anilines is 3. The second-order valence-corrected chi connectivity index (χ2v) is 7.81. The highest BCUT2D eigenvalue weighted by atomic mass is 31.2. The molecule has 0 amide bonds. The van der Waals surface area contributed by atoms with Crippen LogP contribution >= 0.6 is 7.60 Å². The number of ether oxygens (including phenoxy) is 1. The van der Waals surface area contributed by atoms with Gasteiger partial charge in [0.15, 0.2) is 5.82 Å². The van der Waals surface area contributed by atoms with Crippen molar-refractivity contribution >= 4 is 25.0 Å². The molecule has 2 atom stereocenters. The minimum absolute atomic E-state index is 0.00841. The fraction of sp³-hybridized carbons (Fsp3) is 0.692. The van der Waals surface area contributed by atoms with E-state index in [2.05, 4.69) is 20.6 Å². The largest absolute Gasteiger partial charge is 0.377 e. The minimum Gasteiger partial charge on any atom is -0.363 e. The standard InChI is InChI=1S/C13H25N6O4P/c1-6-23-13(3,24(20,21)22)19-8-15-10-7-14-12(17-11(10)19)16-9(2)18(4)5/h7,9,15H,6,8H2,1-5H3,(H,14,16,17)(H2,20,21,22)/t9?,13-/m1/s1. The molecule has 1 aromatic rings. The predicted molar refractivity (Wildman–Crippen MR) is 91.8 cm³/mol. The topological polar surface area (TPSA) is 123 Å². The van der Waals surface area contributed by atoms with E-state index in [4.69, 9.17) is 4.74 Å². The van der Waals surface area contributed by atoms with Crippen LogP contribution in [0.1, 0.15) is 20.8 Å². The monoisotopic (exact) mass is 360 g/mol. The fourth-order valence-electron chi connectivity index (χ4n) is 2.26. The first-order valence-electron chi connectivity index (χ1n) is 7.61. The first-order chi connectivity index (χ1) is 11.1. The first-order valence-corrected chi connectivity index (χ1v) is 9.22. The Labute approximate surface area is 141 Å². The molecule has 0 saturated carbocycles. The van der Waals surface area contributed by atoms with Crippen molar-refractivity contribution in [2.75, 3.05) is 42.9 Å². The van der Waals surface area contributed by atoms with Crippen molar-refractivity contribution in [3.8, 4) is 0 Å². The third-order valence-corrected chi connectivity index (χ3v) is 5.48. The summed E-state index contributed by atoms with van der Waals surface area (Å²) in [6, 6.07) is 0. The zero-order valence-electron chi connectivity index (χ0n) is 14.5. The molecule has 0 aliphatic carbocycles. The van der Waals surface area contributed by atoms with E-state index in [0.717, 1.165) is 0 Å². The SMILES string of the molecule is CCO[C@@](C)(N1CNc2cnc(NC(C)N(C)C)nc21)P(=O)(O)O. The predicted octanol–water partition coefficient (Wildman–Crippen LogP) is 0.873. The summed E-state index contributed by atoms with van der Waals surface area (Å²) in [5.41, 5.74) is -1.21. The van der Waals surface area contributed by atoms with Gasteiger partial charge in [-0.3, -0.25) is 14.4 Å². The maximum atomic E-state index is 12.0. The van der Waals surface area contributed by atoms with Crippen molar-refractivity contribution in [3.05, 3.63) is 6.20 Å². The van der Waals surface area contributed by atoms with Gasteiger partial charge in [-0.1, -0.05) is 0 Å². The Morgan fingerprint density at radius 1 is 1.58 bits per heavy atom. The molecule has 4 N–H and O–H groups in total. The van der Waals surface area contributed by atoms with Gasteiger partial charge in [0.1, 0.15) is 0 Å². The van der Waals surface area contributed by atoms with E-state index in [0.29, 0.717) is 17.5 Å². The van der Waals surface area contributed by atoms with Crippen LogP contribution in [-0.4, -0.2) is 63.7 Å². The Balaban J connectivity index is 2.37. The molecule has 0 radical (unpaired) electrons. The molecule has 1 aliphatic rings. The van der Waals surface area contributed by atoms with Gasteiger partial charge in [0.2, 0.25) is 11.4 Å². The molecule has 2 rings (SSSR count). The highest BCUT2D eigenvalue weighted by Crippen LogP contribution is 2.55. The molecule has 136 valence electrons. The number of nitrogens with zero attached hydrogens (tertiary/aromatic N) is 4. The molecular weight excluding hydrogens is 335 g/mol. The molecule has 0 saturated heterocycles. The van der Waals surface area contributed by atoms with Gasteiger partial charge in [-0.2, -0.15) is 4.98 Å². The van der Waals surface area contributed by atoms with Crippen LogP contribution < -0.4 is 15.5 Å². The second-order valence-electron chi connectivity index (χ2n) is 5.89. The van der Waals surface area contributed by atoms with Crippen molar-refractivity contribution < 1.29 is 19.1 Å². The lowest BCUT2D eigenvalue weighted by Gasteiger charge is -2.38. The van der Waals surface area contributed by atoms with Crippen molar-refractivity contribution in [2.45, 2.75) is 32.4 Å². The number of rotatable bonds is 7. The number of nitrogens with one attached hydrogen (secondary N) is 2. The van der Waals surface area contributed by atoms with E-state index in [1.165, 1.54) is 11.8 Å². The summed E-state index contributed by atoms with van der Waals surface area (Å²) in [5.74, 6) is 0.756. The average Bonchev–Trinajstić information content (AvgIpc) is 2.89. The van der Waals surface area contributed by atoms with Crippen LogP contribution in [0.2, 0.25) is 0 Å². The van der Waals surface area contributed by atoms with Crippen molar-refractivity contribution in [1.29, 1.82) is 0 Å². The molecule has 1 unspecified atom stereocenters. The average molecular weight is 360 g/mol. The zero-order chi connectivity index (χ0) is 18.1. The molecule has 11 heteroatoms. The van der Waals surface area contributed by atoms with Gasteiger partial charge in [0.25, 0.3) is 0 Å². The van der Waals surface area contributed by atoms with Crippen LogP contribution in [0.3, 0.4) is 0 Å². The molecule has 2 heterocycles. The number of hydrogen-bond donors (Lipinski definition) is 4. The van der Waals surface area contributed by atoms with E-state index in [-0.39, 0.29) is 19.4 Å². The summed E-state index contributed by atoms with van der Waals surface area (Å²) in [6.07, 6.45) is 1.57. The molecule has 0 aromatic carbocycles. The summed E-state index contributed by atoms with van der Waals surface area (Å²) in [6.45, 7) is 5.32. The molecule has 1 aliphatic heterocycles. The van der Waals surface area contributed by atoms with Gasteiger partial charge in [0.05, 0.1) is 24.7 Å². The van der Waals surface area contributed by atoms with Crippen LogP contribution in [0.4, 0.5) is 17.5 Å².